The van der Waals surface area contributed by atoms with Gasteiger partial charge in [0.25, 0.3) is 0 Å². The van der Waals surface area contributed by atoms with E-state index in [1.165, 1.54) is 0 Å². The molecule has 0 aliphatic rings. The third kappa shape index (κ3) is 4.21. The van der Waals surface area contributed by atoms with Crippen LogP contribution in [0.1, 0.15) is 47.0 Å². The van der Waals surface area contributed by atoms with Crippen LogP contribution in [0.15, 0.2) is 12.4 Å². The van der Waals surface area contributed by atoms with Crippen LogP contribution in [0, 0.1) is 0 Å². The molecule has 0 aliphatic heterocycles. The van der Waals surface area contributed by atoms with Crippen molar-refractivity contribution in [3.8, 4) is 0 Å². The van der Waals surface area contributed by atoms with E-state index < -0.39 is 0 Å². The number of nitrogens with zero attached hydrogens (tertiary/aromatic N) is 2. The summed E-state index contributed by atoms with van der Waals surface area (Å²) in [6.07, 6.45) is 6.76. The topological polar surface area (TPSA) is 49.8 Å². The summed E-state index contributed by atoms with van der Waals surface area (Å²) in [5.74, 6) is 1.68. The standard InChI is InChI=1S/C13H24N4/c1-5-8-15-11-9-14-10-12(16-11)17-13(4,6-2)7-3/h9-10H,5-8H2,1-4H3,(H2,15,16,17). The number of anilines is 2. The van der Waals surface area contributed by atoms with Crippen LogP contribution in [0.25, 0.3) is 0 Å². The van der Waals surface area contributed by atoms with E-state index in [9.17, 15) is 0 Å². The molecule has 0 spiro atoms. The van der Waals surface area contributed by atoms with Gasteiger partial charge in [-0.25, -0.2) is 4.98 Å². The zero-order valence-corrected chi connectivity index (χ0v) is 11.4. The van der Waals surface area contributed by atoms with Crippen molar-refractivity contribution >= 4 is 11.6 Å². The van der Waals surface area contributed by atoms with Crippen LogP contribution in [-0.2, 0) is 0 Å². The Morgan fingerprint density at radius 1 is 1.12 bits per heavy atom. The first kappa shape index (κ1) is 13.7. The van der Waals surface area contributed by atoms with Crippen molar-refractivity contribution < 1.29 is 0 Å². The molecule has 0 amide bonds. The molecule has 1 rings (SSSR count). The molecule has 4 nitrogen and oxygen atoms in total. The van der Waals surface area contributed by atoms with Crippen molar-refractivity contribution in [3.05, 3.63) is 12.4 Å². The van der Waals surface area contributed by atoms with Crippen LogP contribution < -0.4 is 10.6 Å². The molecule has 1 heterocycles. The van der Waals surface area contributed by atoms with Gasteiger partial charge in [0.1, 0.15) is 11.6 Å². The van der Waals surface area contributed by atoms with Gasteiger partial charge in [0, 0.05) is 12.1 Å². The highest BCUT2D eigenvalue weighted by Gasteiger charge is 2.19. The summed E-state index contributed by atoms with van der Waals surface area (Å²) >= 11 is 0. The van der Waals surface area contributed by atoms with Gasteiger partial charge in [-0.3, -0.25) is 4.98 Å². The number of hydrogen-bond donors (Lipinski definition) is 2. The zero-order chi connectivity index (χ0) is 12.7. The van der Waals surface area contributed by atoms with Gasteiger partial charge in [-0.2, -0.15) is 0 Å². The van der Waals surface area contributed by atoms with E-state index in [0.717, 1.165) is 37.4 Å². The lowest BCUT2D eigenvalue weighted by Crippen LogP contribution is -2.33. The number of rotatable bonds is 7. The van der Waals surface area contributed by atoms with Crippen LogP contribution in [-0.4, -0.2) is 22.1 Å². The molecule has 0 aromatic carbocycles. The lowest BCUT2D eigenvalue weighted by molar-refractivity contribution is 0.476. The van der Waals surface area contributed by atoms with Gasteiger partial charge in [0.15, 0.2) is 0 Å². The molecule has 0 unspecified atom stereocenters. The van der Waals surface area contributed by atoms with Gasteiger partial charge in [0.2, 0.25) is 0 Å². The Balaban J connectivity index is 2.71. The minimum atomic E-state index is 0.0953. The van der Waals surface area contributed by atoms with Crippen LogP contribution in [0.2, 0.25) is 0 Å². The maximum atomic E-state index is 4.51. The van der Waals surface area contributed by atoms with Crippen LogP contribution in [0.5, 0.6) is 0 Å². The Kier molecular flexibility index (Phi) is 5.19. The molecule has 0 radical (unpaired) electrons. The molecule has 2 N–H and O–H groups in total. The highest BCUT2D eigenvalue weighted by Crippen LogP contribution is 2.20. The molecule has 0 bridgehead atoms. The first-order chi connectivity index (χ1) is 8.13. The SMILES string of the molecule is CCCNc1cncc(NC(C)(CC)CC)n1. The largest absolute Gasteiger partial charge is 0.369 e. The Labute approximate surface area is 104 Å². The summed E-state index contributed by atoms with van der Waals surface area (Å²) in [7, 11) is 0. The Morgan fingerprint density at radius 2 is 1.76 bits per heavy atom. The van der Waals surface area contributed by atoms with Crippen molar-refractivity contribution in [2.75, 3.05) is 17.2 Å². The maximum absolute atomic E-state index is 4.51. The summed E-state index contributed by atoms with van der Waals surface area (Å²) < 4.78 is 0. The zero-order valence-electron chi connectivity index (χ0n) is 11.4. The molecule has 0 saturated heterocycles. The van der Waals surface area contributed by atoms with Crippen molar-refractivity contribution in [1.82, 2.24) is 9.97 Å². The lowest BCUT2D eigenvalue weighted by atomic mass is 9.96. The summed E-state index contributed by atoms with van der Waals surface area (Å²) in [5.41, 5.74) is 0.0953. The van der Waals surface area contributed by atoms with Crippen molar-refractivity contribution in [2.45, 2.75) is 52.5 Å². The molecular formula is C13H24N4. The fourth-order valence-corrected chi connectivity index (χ4v) is 1.50. The van der Waals surface area contributed by atoms with E-state index >= 15 is 0 Å². The fourth-order valence-electron chi connectivity index (χ4n) is 1.50. The van der Waals surface area contributed by atoms with Crippen molar-refractivity contribution in [2.24, 2.45) is 0 Å². The molecule has 0 aliphatic carbocycles. The smallest absolute Gasteiger partial charge is 0.147 e. The van der Waals surface area contributed by atoms with E-state index in [2.05, 4.69) is 48.3 Å². The van der Waals surface area contributed by atoms with Crippen LogP contribution in [0.4, 0.5) is 11.6 Å². The molecule has 0 atom stereocenters. The van der Waals surface area contributed by atoms with Gasteiger partial charge in [-0.1, -0.05) is 20.8 Å². The second kappa shape index (κ2) is 6.42. The Hall–Kier alpha value is -1.32. The Morgan fingerprint density at radius 3 is 2.35 bits per heavy atom. The molecule has 96 valence electrons. The van der Waals surface area contributed by atoms with Gasteiger partial charge in [0.05, 0.1) is 12.4 Å². The monoisotopic (exact) mass is 236 g/mol. The van der Waals surface area contributed by atoms with Gasteiger partial charge in [-0.05, 0) is 26.2 Å². The lowest BCUT2D eigenvalue weighted by Gasteiger charge is -2.28. The number of hydrogen-bond acceptors (Lipinski definition) is 4. The summed E-state index contributed by atoms with van der Waals surface area (Å²) in [4.78, 5) is 8.71. The van der Waals surface area contributed by atoms with Gasteiger partial charge in [-0.15, -0.1) is 0 Å². The highest BCUT2D eigenvalue weighted by atomic mass is 15.1. The number of nitrogens with one attached hydrogen (secondary N) is 2. The van der Waals surface area contributed by atoms with Gasteiger partial charge >= 0.3 is 0 Å². The molecule has 0 saturated carbocycles. The van der Waals surface area contributed by atoms with E-state index in [4.69, 9.17) is 0 Å². The Bertz CT molecular complexity index is 334. The molecule has 1 aromatic heterocycles. The first-order valence-corrected chi connectivity index (χ1v) is 6.47. The van der Waals surface area contributed by atoms with Crippen molar-refractivity contribution in [1.29, 1.82) is 0 Å². The van der Waals surface area contributed by atoms with Gasteiger partial charge < -0.3 is 10.6 Å². The third-order valence-corrected chi connectivity index (χ3v) is 3.18. The number of aromatic nitrogens is 2. The molecule has 4 heteroatoms. The summed E-state index contributed by atoms with van der Waals surface area (Å²) in [5, 5.41) is 6.70. The first-order valence-electron chi connectivity index (χ1n) is 6.47. The fraction of sp³-hybridized carbons (Fsp3) is 0.692. The molecule has 17 heavy (non-hydrogen) atoms. The third-order valence-electron chi connectivity index (χ3n) is 3.18. The predicted molar refractivity (Wildman–Crippen MR) is 73.4 cm³/mol. The minimum Gasteiger partial charge on any atom is -0.369 e. The normalized spacial score (nSPS) is 11.3. The molecular weight excluding hydrogens is 212 g/mol. The van der Waals surface area contributed by atoms with Crippen LogP contribution >= 0.6 is 0 Å². The molecule has 1 aromatic rings. The highest BCUT2D eigenvalue weighted by molar-refractivity contribution is 5.43. The molecule has 0 fully saturated rings. The van der Waals surface area contributed by atoms with E-state index in [1.54, 1.807) is 12.4 Å². The summed E-state index contributed by atoms with van der Waals surface area (Å²) in [6.45, 7) is 9.64. The predicted octanol–water partition coefficient (Wildman–Crippen LogP) is 3.29. The second-order valence-electron chi connectivity index (χ2n) is 4.61. The van der Waals surface area contributed by atoms with E-state index in [-0.39, 0.29) is 5.54 Å². The average molecular weight is 236 g/mol. The van der Waals surface area contributed by atoms with E-state index in [0.29, 0.717) is 0 Å². The quantitative estimate of drug-likeness (QED) is 0.762. The van der Waals surface area contributed by atoms with Crippen molar-refractivity contribution in [3.63, 3.8) is 0 Å². The maximum Gasteiger partial charge on any atom is 0.147 e. The summed E-state index contributed by atoms with van der Waals surface area (Å²) in [6, 6.07) is 0. The van der Waals surface area contributed by atoms with Crippen LogP contribution in [0.3, 0.4) is 0 Å². The average Bonchev–Trinajstić information content (AvgIpc) is 2.36. The van der Waals surface area contributed by atoms with E-state index in [1.807, 2.05) is 0 Å². The minimum absolute atomic E-state index is 0.0953. The second-order valence-corrected chi connectivity index (χ2v) is 4.61.